The van der Waals surface area contributed by atoms with Crippen molar-refractivity contribution in [3.63, 3.8) is 0 Å². The lowest BCUT2D eigenvalue weighted by Gasteiger charge is -2.22. The molecule has 0 saturated carbocycles. The van der Waals surface area contributed by atoms with E-state index in [2.05, 4.69) is 19.1 Å². The van der Waals surface area contributed by atoms with Gasteiger partial charge in [0, 0.05) is 13.7 Å². The van der Waals surface area contributed by atoms with Crippen LogP contribution in [0.5, 0.6) is 0 Å². The molecular weight excluding hydrogens is 264 g/mol. The summed E-state index contributed by atoms with van der Waals surface area (Å²) in [5, 5.41) is 0. The van der Waals surface area contributed by atoms with Crippen molar-refractivity contribution < 1.29 is 14.2 Å². The normalized spacial score (nSPS) is 21.0. The summed E-state index contributed by atoms with van der Waals surface area (Å²) in [5.41, 5.74) is 0. The van der Waals surface area contributed by atoms with Crippen molar-refractivity contribution in [2.24, 2.45) is 0 Å². The molecule has 3 heteroatoms. The van der Waals surface area contributed by atoms with Crippen LogP contribution in [0.2, 0.25) is 0 Å². The van der Waals surface area contributed by atoms with Crippen molar-refractivity contribution in [2.45, 2.75) is 83.5 Å². The molecule has 0 amide bonds. The van der Waals surface area contributed by atoms with Crippen LogP contribution < -0.4 is 0 Å². The Kier molecular flexibility index (Phi) is 11.8. The second kappa shape index (κ2) is 13.3. The average molecular weight is 298 g/mol. The summed E-state index contributed by atoms with van der Waals surface area (Å²) in [7, 11) is 1.82. The van der Waals surface area contributed by atoms with Gasteiger partial charge in [0.1, 0.15) is 0 Å². The third kappa shape index (κ3) is 10.0. The van der Waals surface area contributed by atoms with Gasteiger partial charge in [-0.05, 0) is 44.9 Å². The smallest absolute Gasteiger partial charge is 0.157 e. The lowest BCUT2D eigenvalue weighted by atomic mass is 10.1. The molecule has 0 bridgehead atoms. The first-order valence-electron chi connectivity index (χ1n) is 8.77. The van der Waals surface area contributed by atoms with E-state index in [9.17, 15) is 0 Å². The van der Waals surface area contributed by atoms with Gasteiger partial charge in [-0.15, -0.1) is 0 Å². The first kappa shape index (κ1) is 18.7. The van der Waals surface area contributed by atoms with Crippen LogP contribution in [0, 0.1) is 0 Å². The van der Waals surface area contributed by atoms with Crippen molar-refractivity contribution in [1.82, 2.24) is 0 Å². The Hall–Kier alpha value is -0.380. The van der Waals surface area contributed by atoms with E-state index in [0.29, 0.717) is 6.10 Å². The van der Waals surface area contributed by atoms with Crippen molar-refractivity contribution >= 4 is 0 Å². The van der Waals surface area contributed by atoms with E-state index in [0.717, 1.165) is 38.9 Å². The van der Waals surface area contributed by atoms with Crippen molar-refractivity contribution in [3.8, 4) is 0 Å². The Balaban J connectivity index is 1.95. The van der Waals surface area contributed by atoms with E-state index in [1.807, 2.05) is 7.11 Å². The van der Waals surface area contributed by atoms with E-state index < -0.39 is 0 Å². The zero-order valence-corrected chi connectivity index (χ0v) is 14.0. The first-order chi connectivity index (χ1) is 10.4. The topological polar surface area (TPSA) is 27.7 Å². The van der Waals surface area contributed by atoms with Crippen molar-refractivity contribution in [1.29, 1.82) is 0 Å². The van der Waals surface area contributed by atoms with Gasteiger partial charge in [-0.2, -0.15) is 0 Å². The molecular formula is C18H34O3. The maximum atomic E-state index is 5.72. The molecule has 1 aliphatic heterocycles. The molecule has 0 radical (unpaired) electrons. The second-order valence-corrected chi connectivity index (χ2v) is 5.87. The van der Waals surface area contributed by atoms with Gasteiger partial charge in [0.2, 0.25) is 0 Å². The Morgan fingerprint density at radius 2 is 2.10 bits per heavy atom. The first-order valence-corrected chi connectivity index (χ1v) is 8.77. The number of ether oxygens (including phenoxy) is 3. The molecule has 124 valence electrons. The summed E-state index contributed by atoms with van der Waals surface area (Å²) in [5.74, 6) is 0. The molecule has 0 aromatic carbocycles. The van der Waals surface area contributed by atoms with Crippen LogP contribution in [0.3, 0.4) is 0 Å². The summed E-state index contributed by atoms with van der Waals surface area (Å²) >= 11 is 0. The number of hydrogen-bond donors (Lipinski definition) is 0. The number of allylic oxidation sites excluding steroid dienone is 1. The molecule has 0 aromatic rings. The van der Waals surface area contributed by atoms with Crippen molar-refractivity contribution in [3.05, 3.63) is 12.2 Å². The fourth-order valence-corrected chi connectivity index (χ4v) is 2.58. The third-order valence-electron chi connectivity index (χ3n) is 3.99. The van der Waals surface area contributed by atoms with E-state index in [1.54, 1.807) is 0 Å². The number of methoxy groups -OCH3 is 1. The van der Waals surface area contributed by atoms with Gasteiger partial charge in [-0.25, -0.2) is 0 Å². The van der Waals surface area contributed by atoms with Crippen molar-refractivity contribution in [2.75, 3.05) is 20.3 Å². The lowest BCUT2D eigenvalue weighted by Crippen LogP contribution is -2.22. The Morgan fingerprint density at radius 1 is 1.19 bits per heavy atom. The molecule has 1 fully saturated rings. The summed E-state index contributed by atoms with van der Waals surface area (Å²) in [6, 6.07) is 0. The minimum atomic E-state index is 0.0548. The van der Waals surface area contributed by atoms with E-state index in [-0.39, 0.29) is 6.29 Å². The molecule has 2 atom stereocenters. The molecule has 0 aliphatic carbocycles. The van der Waals surface area contributed by atoms with Crippen LogP contribution in [0.25, 0.3) is 0 Å². The van der Waals surface area contributed by atoms with Gasteiger partial charge in [0.25, 0.3) is 0 Å². The molecule has 0 aromatic heterocycles. The van der Waals surface area contributed by atoms with Gasteiger partial charge in [0.05, 0.1) is 12.7 Å². The van der Waals surface area contributed by atoms with Crippen LogP contribution in [-0.4, -0.2) is 32.7 Å². The molecule has 1 aliphatic rings. The van der Waals surface area contributed by atoms with E-state index in [1.165, 1.54) is 38.5 Å². The number of unbranched alkanes of at least 4 members (excludes halogenated alkanes) is 3. The van der Waals surface area contributed by atoms with Gasteiger partial charge in [-0.1, -0.05) is 38.3 Å². The monoisotopic (exact) mass is 298 g/mol. The second-order valence-electron chi connectivity index (χ2n) is 5.87. The summed E-state index contributed by atoms with van der Waals surface area (Å²) in [4.78, 5) is 0. The molecule has 1 rings (SSSR count). The molecule has 2 unspecified atom stereocenters. The Labute approximate surface area is 131 Å². The molecule has 0 N–H and O–H groups in total. The van der Waals surface area contributed by atoms with E-state index >= 15 is 0 Å². The zero-order chi connectivity index (χ0) is 15.2. The largest absolute Gasteiger partial charge is 0.381 e. The van der Waals surface area contributed by atoms with Gasteiger partial charge in [0.15, 0.2) is 6.29 Å². The number of hydrogen-bond acceptors (Lipinski definition) is 3. The molecule has 21 heavy (non-hydrogen) atoms. The molecule has 1 saturated heterocycles. The highest BCUT2D eigenvalue weighted by Crippen LogP contribution is 2.14. The summed E-state index contributed by atoms with van der Waals surface area (Å²) in [6.45, 7) is 3.91. The molecule has 1 heterocycles. The van der Waals surface area contributed by atoms with Crippen LogP contribution in [0.1, 0.15) is 71.1 Å². The van der Waals surface area contributed by atoms with Crippen LogP contribution in [0.15, 0.2) is 12.2 Å². The van der Waals surface area contributed by atoms with Gasteiger partial charge >= 0.3 is 0 Å². The highest BCUT2D eigenvalue weighted by molar-refractivity contribution is 4.84. The average Bonchev–Trinajstić information content (AvgIpc) is 2.53. The van der Waals surface area contributed by atoms with Gasteiger partial charge in [-0.3, -0.25) is 0 Å². The maximum absolute atomic E-state index is 5.72. The third-order valence-corrected chi connectivity index (χ3v) is 3.99. The van der Waals surface area contributed by atoms with Crippen LogP contribution >= 0.6 is 0 Å². The molecule has 3 nitrogen and oxygen atoms in total. The minimum absolute atomic E-state index is 0.0548. The fourth-order valence-electron chi connectivity index (χ4n) is 2.58. The standard InChI is InChI=1S/C18H34O3/c1-3-4-7-12-17(19-2)13-8-5-6-10-15-20-18-14-9-11-16-21-18/h5,8,17-18H,3-4,6-7,9-16H2,1-2H3/b8-5+. The highest BCUT2D eigenvalue weighted by atomic mass is 16.7. The summed E-state index contributed by atoms with van der Waals surface area (Å²) in [6.07, 6.45) is 16.7. The lowest BCUT2D eigenvalue weighted by molar-refractivity contribution is -0.162. The minimum Gasteiger partial charge on any atom is -0.381 e. The SMILES string of the molecule is CCCCCC(C/C=C/CCCOC1CCCCO1)OC. The fraction of sp³-hybridized carbons (Fsp3) is 0.889. The summed E-state index contributed by atoms with van der Waals surface area (Å²) < 4.78 is 16.8. The van der Waals surface area contributed by atoms with Gasteiger partial charge < -0.3 is 14.2 Å². The Morgan fingerprint density at radius 3 is 2.81 bits per heavy atom. The zero-order valence-electron chi connectivity index (χ0n) is 14.0. The Bertz CT molecular complexity index is 247. The van der Waals surface area contributed by atoms with E-state index in [4.69, 9.17) is 14.2 Å². The predicted molar refractivity (Wildman–Crippen MR) is 87.5 cm³/mol. The highest BCUT2D eigenvalue weighted by Gasteiger charge is 2.13. The maximum Gasteiger partial charge on any atom is 0.157 e. The predicted octanol–water partition coefficient (Wildman–Crippen LogP) is 4.85. The quantitative estimate of drug-likeness (QED) is 0.381. The molecule has 0 spiro atoms. The van der Waals surface area contributed by atoms with Crippen LogP contribution in [-0.2, 0) is 14.2 Å². The number of rotatable bonds is 12. The van der Waals surface area contributed by atoms with Crippen LogP contribution in [0.4, 0.5) is 0 Å².